The first-order valence-corrected chi connectivity index (χ1v) is 13.2. The minimum Gasteiger partial charge on any atom is -0.444 e. The number of nitrogens with zero attached hydrogens (tertiary/aromatic N) is 4. The fourth-order valence-corrected chi connectivity index (χ4v) is 4.49. The maximum absolute atomic E-state index is 12.6. The lowest BCUT2D eigenvalue weighted by Gasteiger charge is -2.26. The number of hydrogen-bond acceptors (Lipinski definition) is 7. The van der Waals surface area contributed by atoms with Gasteiger partial charge in [0.1, 0.15) is 22.9 Å². The lowest BCUT2D eigenvalue weighted by molar-refractivity contribution is 0.0229. The zero-order chi connectivity index (χ0) is 26.7. The Morgan fingerprint density at radius 3 is 2.53 bits per heavy atom. The molecule has 1 saturated heterocycles. The number of ether oxygens (including phenoxy) is 1. The van der Waals surface area contributed by atoms with Crippen molar-refractivity contribution in [2.45, 2.75) is 65.1 Å². The number of aromatic amines is 2. The van der Waals surface area contributed by atoms with E-state index in [4.69, 9.17) is 9.15 Å². The van der Waals surface area contributed by atoms with Crippen molar-refractivity contribution in [2.24, 2.45) is 0 Å². The molecule has 0 radical (unpaired) electrons. The first-order valence-electron chi connectivity index (χ1n) is 13.2. The van der Waals surface area contributed by atoms with Gasteiger partial charge in [-0.3, -0.25) is 0 Å². The van der Waals surface area contributed by atoms with Gasteiger partial charge in [-0.25, -0.2) is 19.7 Å². The van der Waals surface area contributed by atoms with E-state index in [0.29, 0.717) is 42.3 Å². The molecule has 3 N–H and O–H groups in total. The summed E-state index contributed by atoms with van der Waals surface area (Å²) in [5, 5.41) is 3.47. The fraction of sp³-hybridized carbons (Fsp3) is 0.429. The number of amides is 1. The van der Waals surface area contributed by atoms with Crippen LogP contribution in [0.4, 0.5) is 4.79 Å². The number of nitrogens with one attached hydrogen (secondary N) is 3. The van der Waals surface area contributed by atoms with Crippen LogP contribution in [0, 0.1) is 0 Å². The Kier molecular flexibility index (Phi) is 7.33. The van der Waals surface area contributed by atoms with Crippen LogP contribution in [0.2, 0.25) is 0 Å². The molecule has 5 rings (SSSR count). The minimum absolute atomic E-state index is 0.309. The number of rotatable bonds is 8. The zero-order valence-corrected chi connectivity index (χ0v) is 22.4. The molecule has 0 unspecified atom stereocenters. The lowest BCUT2D eigenvalue weighted by atomic mass is 10.1. The Bertz CT molecular complexity index is 1360. The second-order valence-electron chi connectivity index (χ2n) is 10.6. The second-order valence-corrected chi connectivity index (χ2v) is 10.6. The molecule has 0 aliphatic carbocycles. The average molecular weight is 518 g/mol. The van der Waals surface area contributed by atoms with Crippen LogP contribution in [0.25, 0.3) is 34.2 Å². The molecular weight excluding hydrogens is 482 g/mol. The molecule has 200 valence electrons. The monoisotopic (exact) mass is 517 g/mol. The number of hydrogen-bond donors (Lipinski definition) is 3. The van der Waals surface area contributed by atoms with Crippen molar-refractivity contribution < 1.29 is 13.9 Å². The summed E-state index contributed by atoms with van der Waals surface area (Å²) in [7, 11) is 0. The van der Waals surface area contributed by atoms with Crippen LogP contribution in [0.1, 0.15) is 64.6 Å². The Balaban J connectivity index is 1.25. The fourth-order valence-electron chi connectivity index (χ4n) is 4.49. The molecule has 1 atom stereocenters. The number of carbonyl (C=O) groups is 1. The van der Waals surface area contributed by atoms with Gasteiger partial charge in [-0.05, 0) is 52.1 Å². The smallest absolute Gasteiger partial charge is 0.410 e. The van der Waals surface area contributed by atoms with Crippen molar-refractivity contribution in [3.8, 4) is 34.2 Å². The van der Waals surface area contributed by atoms with E-state index in [9.17, 15) is 4.79 Å². The molecule has 4 heterocycles. The maximum Gasteiger partial charge on any atom is 0.410 e. The van der Waals surface area contributed by atoms with E-state index < -0.39 is 5.60 Å². The van der Waals surface area contributed by atoms with Crippen molar-refractivity contribution in [1.82, 2.24) is 35.1 Å². The summed E-state index contributed by atoms with van der Waals surface area (Å²) in [5.74, 6) is 2.72. The summed E-state index contributed by atoms with van der Waals surface area (Å²) < 4.78 is 11.6. The third-order valence-corrected chi connectivity index (χ3v) is 6.32. The van der Waals surface area contributed by atoms with Gasteiger partial charge in [-0.2, -0.15) is 0 Å². The number of oxazole rings is 1. The number of imidazole rings is 2. The molecule has 0 bridgehead atoms. The first-order chi connectivity index (χ1) is 18.3. The minimum atomic E-state index is -0.557. The van der Waals surface area contributed by atoms with Crippen molar-refractivity contribution in [2.75, 3.05) is 13.1 Å². The molecule has 10 heteroatoms. The molecule has 4 aromatic rings. The van der Waals surface area contributed by atoms with Crippen LogP contribution in [0.3, 0.4) is 0 Å². The van der Waals surface area contributed by atoms with Gasteiger partial charge < -0.3 is 29.3 Å². The van der Waals surface area contributed by atoms with Crippen molar-refractivity contribution in [3.63, 3.8) is 0 Å². The summed E-state index contributed by atoms with van der Waals surface area (Å²) in [6, 6.07) is 8.42. The Morgan fingerprint density at radius 2 is 1.82 bits per heavy atom. The van der Waals surface area contributed by atoms with Crippen LogP contribution in [0.15, 0.2) is 47.3 Å². The molecule has 1 aromatic carbocycles. The van der Waals surface area contributed by atoms with Crippen LogP contribution in [-0.2, 0) is 11.3 Å². The molecule has 38 heavy (non-hydrogen) atoms. The average Bonchev–Trinajstić information content (AvgIpc) is 3.69. The predicted molar refractivity (Wildman–Crippen MR) is 144 cm³/mol. The standard InChI is InChI=1S/C28H35N7O3/c1-5-13-35(27(36)38-28(2,3)4)17-24-30-15-22(33-24)26-32-16-23(37-26)19-10-8-18(9-11-19)21-14-31-25(34-21)20-7-6-12-29-20/h8-11,14-16,20,29H,5-7,12-13,17H2,1-4H3,(H,30,33)(H,31,34)/t20-/m0/s1. The SMILES string of the molecule is CCCN(Cc1ncc(-c2ncc(-c3ccc(-c4cnc([C@@H]5CCCN5)[nH]4)cc3)o2)[nH]1)C(=O)OC(C)(C)C. The van der Waals surface area contributed by atoms with E-state index >= 15 is 0 Å². The van der Waals surface area contributed by atoms with Gasteiger partial charge in [0.2, 0.25) is 5.89 Å². The number of benzene rings is 1. The van der Waals surface area contributed by atoms with Crippen molar-refractivity contribution in [1.29, 1.82) is 0 Å². The third kappa shape index (κ3) is 5.96. The molecule has 1 amide bonds. The first kappa shape index (κ1) is 25.7. The summed E-state index contributed by atoms with van der Waals surface area (Å²) in [5.41, 5.74) is 3.06. The summed E-state index contributed by atoms with van der Waals surface area (Å²) in [4.78, 5) is 34.3. The van der Waals surface area contributed by atoms with Gasteiger partial charge in [0.05, 0.1) is 36.9 Å². The van der Waals surface area contributed by atoms with E-state index in [1.807, 2.05) is 58.2 Å². The normalized spacial score (nSPS) is 15.6. The van der Waals surface area contributed by atoms with Gasteiger partial charge in [0.25, 0.3) is 0 Å². The molecule has 1 aliphatic rings. The quantitative estimate of drug-likeness (QED) is 0.274. The van der Waals surface area contributed by atoms with Crippen LogP contribution >= 0.6 is 0 Å². The Morgan fingerprint density at radius 1 is 1.05 bits per heavy atom. The Labute approximate surface area is 222 Å². The van der Waals surface area contributed by atoms with E-state index in [0.717, 1.165) is 42.0 Å². The van der Waals surface area contributed by atoms with Crippen LogP contribution in [-0.4, -0.2) is 54.6 Å². The maximum atomic E-state index is 12.6. The molecule has 10 nitrogen and oxygen atoms in total. The van der Waals surface area contributed by atoms with Gasteiger partial charge in [0.15, 0.2) is 5.76 Å². The van der Waals surface area contributed by atoms with Crippen molar-refractivity contribution in [3.05, 3.63) is 54.5 Å². The van der Waals surface area contributed by atoms with Gasteiger partial charge in [-0.15, -0.1) is 0 Å². The number of carbonyl (C=O) groups excluding carboxylic acids is 1. The molecule has 0 saturated carbocycles. The highest BCUT2D eigenvalue weighted by Gasteiger charge is 2.23. The van der Waals surface area contributed by atoms with E-state index in [-0.39, 0.29) is 6.09 Å². The largest absolute Gasteiger partial charge is 0.444 e. The molecular formula is C28H35N7O3. The molecule has 1 aliphatic heterocycles. The molecule has 3 aromatic heterocycles. The summed E-state index contributed by atoms with van der Waals surface area (Å²) in [6.07, 6.45) is 8.00. The number of aromatic nitrogens is 5. The zero-order valence-electron chi connectivity index (χ0n) is 22.4. The van der Waals surface area contributed by atoms with Gasteiger partial charge in [0, 0.05) is 12.1 Å². The molecule has 0 spiro atoms. The molecule has 1 fully saturated rings. The highest BCUT2D eigenvalue weighted by molar-refractivity contribution is 5.68. The van der Waals surface area contributed by atoms with E-state index in [1.165, 1.54) is 6.42 Å². The lowest BCUT2D eigenvalue weighted by Crippen LogP contribution is -2.37. The highest BCUT2D eigenvalue weighted by Crippen LogP contribution is 2.29. The Hall–Kier alpha value is -3.92. The summed E-state index contributed by atoms with van der Waals surface area (Å²) in [6.45, 7) is 9.51. The highest BCUT2D eigenvalue weighted by atomic mass is 16.6. The summed E-state index contributed by atoms with van der Waals surface area (Å²) >= 11 is 0. The number of H-pyrrole nitrogens is 2. The second kappa shape index (κ2) is 10.8. The van der Waals surface area contributed by atoms with E-state index in [1.54, 1.807) is 17.3 Å². The predicted octanol–water partition coefficient (Wildman–Crippen LogP) is 5.69. The van der Waals surface area contributed by atoms with Gasteiger partial charge in [-0.1, -0.05) is 31.2 Å². The van der Waals surface area contributed by atoms with Crippen LogP contribution in [0.5, 0.6) is 0 Å². The van der Waals surface area contributed by atoms with Crippen molar-refractivity contribution >= 4 is 6.09 Å². The third-order valence-electron chi connectivity index (χ3n) is 6.32. The van der Waals surface area contributed by atoms with Gasteiger partial charge >= 0.3 is 6.09 Å². The van der Waals surface area contributed by atoms with E-state index in [2.05, 4.69) is 30.2 Å². The topological polar surface area (TPSA) is 125 Å². The van der Waals surface area contributed by atoms with Crippen LogP contribution < -0.4 is 5.32 Å².